The molecular formula is C12H26N4. The number of piperazine rings is 1. The molecule has 1 rings (SSSR count). The third-order valence-electron chi connectivity index (χ3n) is 3.22. The highest BCUT2D eigenvalue weighted by Crippen LogP contribution is 2.13. The van der Waals surface area contributed by atoms with Crippen LogP contribution in [0.1, 0.15) is 20.8 Å². The van der Waals surface area contributed by atoms with Gasteiger partial charge in [-0.2, -0.15) is 0 Å². The van der Waals surface area contributed by atoms with Gasteiger partial charge in [-0.15, -0.1) is 0 Å². The largest absolute Gasteiger partial charge is 0.387 e. The van der Waals surface area contributed by atoms with Gasteiger partial charge in [-0.1, -0.05) is 20.8 Å². The van der Waals surface area contributed by atoms with E-state index in [1.54, 1.807) is 0 Å². The van der Waals surface area contributed by atoms with Gasteiger partial charge >= 0.3 is 0 Å². The van der Waals surface area contributed by atoms with Crippen molar-refractivity contribution in [2.45, 2.75) is 26.8 Å². The van der Waals surface area contributed by atoms with Crippen LogP contribution in [0.25, 0.3) is 0 Å². The van der Waals surface area contributed by atoms with E-state index in [1.165, 1.54) is 0 Å². The van der Waals surface area contributed by atoms with Crippen LogP contribution < -0.4 is 5.73 Å². The van der Waals surface area contributed by atoms with Crippen LogP contribution in [-0.2, 0) is 0 Å². The van der Waals surface area contributed by atoms with Crippen molar-refractivity contribution in [2.75, 3.05) is 40.3 Å². The van der Waals surface area contributed by atoms with Crippen LogP contribution in [0, 0.1) is 5.41 Å². The van der Waals surface area contributed by atoms with Gasteiger partial charge in [-0.25, -0.2) is 0 Å². The molecule has 1 unspecified atom stereocenters. The van der Waals surface area contributed by atoms with E-state index in [0.717, 1.165) is 32.0 Å². The third kappa shape index (κ3) is 3.76. The molecule has 1 aliphatic rings. The van der Waals surface area contributed by atoms with Crippen LogP contribution in [0.15, 0.2) is 4.99 Å². The van der Waals surface area contributed by atoms with Crippen LogP contribution in [0.5, 0.6) is 0 Å². The zero-order chi connectivity index (χ0) is 12.3. The van der Waals surface area contributed by atoms with E-state index in [4.69, 9.17) is 5.73 Å². The number of likely N-dealkylation sites (N-methyl/N-ethyl adjacent to an activating group) is 2. The highest BCUT2D eigenvalue weighted by molar-refractivity contribution is 5.85. The zero-order valence-electron chi connectivity index (χ0n) is 11.3. The van der Waals surface area contributed by atoms with Gasteiger partial charge in [0, 0.05) is 31.1 Å². The van der Waals surface area contributed by atoms with Crippen LogP contribution in [0.2, 0.25) is 0 Å². The molecule has 0 radical (unpaired) electrons. The van der Waals surface area contributed by atoms with E-state index in [-0.39, 0.29) is 5.41 Å². The summed E-state index contributed by atoms with van der Waals surface area (Å²) >= 11 is 0. The standard InChI is InChI=1S/C12H26N4/c1-12(2,3)11(13)14-8-10-9-15(4)6-7-16(10)5/h10H,6-9H2,1-5H3,(H2,13,14). The van der Waals surface area contributed by atoms with Gasteiger partial charge in [0.2, 0.25) is 0 Å². The second-order valence-corrected chi connectivity index (χ2v) is 5.87. The quantitative estimate of drug-likeness (QED) is 0.555. The second-order valence-electron chi connectivity index (χ2n) is 5.87. The first-order chi connectivity index (χ1) is 7.30. The van der Waals surface area contributed by atoms with Crippen LogP contribution in [0.3, 0.4) is 0 Å². The summed E-state index contributed by atoms with van der Waals surface area (Å²) in [6.07, 6.45) is 0. The lowest BCUT2D eigenvalue weighted by Crippen LogP contribution is -2.51. The predicted molar refractivity (Wildman–Crippen MR) is 69.9 cm³/mol. The first kappa shape index (κ1) is 13.5. The van der Waals surface area contributed by atoms with Crippen LogP contribution in [-0.4, -0.2) is 62.0 Å². The fourth-order valence-electron chi connectivity index (χ4n) is 1.74. The molecule has 94 valence electrons. The number of nitrogens with two attached hydrogens (primary N) is 1. The number of aliphatic imine (C=N–C) groups is 1. The van der Waals surface area contributed by atoms with Gasteiger partial charge < -0.3 is 10.6 Å². The fraction of sp³-hybridized carbons (Fsp3) is 0.917. The SMILES string of the molecule is CN1CCN(C)C(CN=C(N)C(C)(C)C)C1. The summed E-state index contributed by atoms with van der Waals surface area (Å²) in [5.74, 6) is 0.758. The molecule has 0 aromatic heterocycles. The van der Waals surface area contributed by atoms with Gasteiger partial charge in [-0.05, 0) is 14.1 Å². The highest BCUT2D eigenvalue weighted by Gasteiger charge is 2.22. The molecule has 1 saturated heterocycles. The number of hydrogen-bond acceptors (Lipinski definition) is 3. The van der Waals surface area contributed by atoms with E-state index in [1.807, 2.05) is 0 Å². The Kier molecular flexibility index (Phi) is 4.33. The van der Waals surface area contributed by atoms with Gasteiger partial charge in [0.1, 0.15) is 0 Å². The Morgan fingerprint density at radius 1 is 1.31 bits per heavy atom. The molecule has 4 nitrogen and oxygen atoms in total. The summed E-state index contributed by atoms with van der Waals surface area (Å²) in [5.41, 5.74) is 5.95. The highest BCUT2D eigenvalue weighted by atomic mass is 15.3. The van der Waals surface area contributed by atoms with Crippen molar-refractivity contribution in [3.8, 4) is 0 Å². The predicted octanol–water partition coefficient (Wildman–Crippen LogP) is 0.636. The molecule has 1 fully saturated rings. The summed E-state index contributed by atoms with van der Waals surface area (Å²) < 4.78 is 0. The molecule has 4 heteroatoms. The summed E-state index contributed by atoms with van der Waals surface area (Å²) in [7, 11) is 4.33. The number of amidine groups is 1. The van der Waals surface area contributed by atoms with E-state index in [0.29, 0.717) is 6.04 Å². The van der Waals surface area contributed by atoms with Gasteiger partial charge in [0.15, 0.2) is 0 Å². The topological polar surface area (TPSA) is 44.9 Å². The minimum atomic E-state index is -0.0147. The third-order valence-corrected chi connectivity index (χ3v) is 3.22. The van der Waals surface area contributed by atoms with Gasteiger partial charge in [0.05, 0.1) is 12.4 Å². The van der Waals surface area contributed by atoms with Crippen molar-refractivity contribution < 1.29 is 0 Å². The Morgan fingerprint density at radius 3 is 2.50 bits per heavy atom. The minimum absolute atomic E-state index is 0.0147. The lowest BCUT2D eigenvalue weighted by Gasteiger charge is -2.37. The van der Waals surface area contributed by atoms with Crippen LogP contribution >= 0.6 is 0 Å². The first-order valence-corrected chi connectivity index (χ1v) is 6.00. The molecule has 0 saturated carbocycles. The molecule has 0 bridgehead atoms. The number of hydrogen-bond donors (Lipinski definition) is 1. The molecule has 1 aliphatic heterocycles. The molecule has 2 N–H and O–H groups in total. The van der Waals surface area contributed by atoms with Crippen molar-refractivity contribution in [3.63, 3.8) is 0 Å². The summed E-state index contributed by atoms with van der Waals surface area (Å²) in [5, 5.41) is 0. The Balaban J connectivity index is 2.53. The van der Waals surface area contributed by atoms with Gasteiger partial charge in [-0.3, -0.25) is 9.89 Å². The van der Waals surface area contributed by atoms with E-state index in [9.17, 15) is 0 Å². The molecule has 0 aliphatic carbocycles. The molecule has 0 amide bonds. The molecule has 1 heterocycles. The summed E-state index contributed by atoms with van der Waals surface area (Å²) in [6, 6.07) is 0.500. The maximum atomic E-state index is 5.97. The lowest BCUT2D eigenvalue weighted by molar-refractivity contribution is 0.119. The molecule has 0 spiro atoms. The lowest BCUT2D eigenvalue weighted by atomic mass is 9.95. The average Bonchev–Trinajstić information content (AvgIpc) is 2.17. The monoisotopic (exact) mass is 226 g/mol. The summed E-state index contributed by atoms with van der Waals surface area (Å²) in [4.78, 5) is 9.26. The van der Waals surface area contributed by atoms with E-state index >= 15 is 0 Å². The average molecular weight is 226 g/mol. The molecule has 0 aromatic carbocycles. The first-order valence-electron chi connectivity index (χ1n) is 6.00. The maximum absolute atomic E-state index is 5.97. The zero-order valence-corrected chi connectivity index (χ0v) is 11.3. The molecular weight excluding hydrogens is 200 g/mol. The van der Waals surface area contributed by atoms with Crippen LogP contribution in [0.4, 0.5) is 0 Å². The smallest absolute Gasteiger partial charge is 0.0992 e. The normalized spacial score (nSPS) is 26.1. The molecule has 16 heavy (non-hydrogen) atoms. The fourth-order valence-corrected chi connectivity index (χ4v) is 1.74. The van der Waals surface area contributed by atoms with Gasteiger partial charge in [0.25, 0.3) is 0 Å². The van der Waals surface area contributed by atoms with Crippen molar-refractivity contribution >= 4 is 5.84 Å². The number of rotatable bonds is 2. The molecule has 0 aromatic rings. The van der Waals surface area contributed by atoms with Crippen molar-refractivity contribution in [2.24, 2.45) is 16.1 Å². The molecule has 1 atom stereocenters. The number of nitrogens with zero attached hydrogens (tertiary/aromatic N) is 3. The van der Waals surface area contributed by atoms with Crippen molar-refractivity contribution in [3.05, 3.63) is 0 Å². The Bertz CT molecular complexity index is 254. The Labute approximate surface area is 99.5 Å². The van der Waals surface area contributed by atoms with Crippen molar-refractivity contribution in [1.82, 2.24) is 9.80 Å². The maximum Gasteiger partial charge on any atom is 0.0992 e. The Hall–Kier alpha value is -0.610. The Morgan fingerprint density at radius 2 is 1.94 bits per heavy atom. The van der Waals surface area contributed by atoms with E-state index in [2.05, 4.69) is 49.7 Å². The second kappa shape index (κ2) is 5.15. The minimum Gasteiger partial charge on any atom is -0.387 e. The summed E-state index contributed by atoms with van der Waals surface area (Å²) in [6.45, 7) is 10.5. The van der Waals surface area contributed by atoms with E-state index < -0.39 is 0 Å². The van der Waals surface area contributed by atoms with Crippen molar-refractivity contribution in [1.29, 1.82) is 0 Å².